The zero-order valence-electron chi connectivity index (χ0n) is 18.8. The van der Waals surface area contributed by atoms with Gasteiger partial charge in [-0.3, -0.25) is 4.79 Å². The molecule has 2 aromatic carbocycles. The van der Waals surface area contributed by atoms with Crippen LogP contribution in [0.2, 0.25) is 0 Å². The molecule has 0 spiro atoms. The van der Waals surface area contributed by atoms with E-state index >= 15 is 0 Å². The molecule has 33 heavy (non-hydrogen) atoms. The topological polar surface area (TPSA) is 98.8 Å². The monoisotopic (exact) mass is 476 g/mol. The number of nitrogens with zero attached hydrogens (tertiary/aromatic N) is 2. The van der Waals surface area contributed by atoms with E-state index in [4.69, 9.17) is 0 Å². The molecule has 1 saturated heterocycles. The minimum Gasteiger partial charge on any atom is -0.338 e. The number of benzene rings is 2. The summed E-state index contributed by atoms with van der Waals surface area (Å²) in [5.74, 6) is -0.346. The Kier molecular flexibility index (Phi) is 8.04. The van der Waals surface area contributed by atoms with Crippen molar-refractivity contribution in [3.63, 3.8) is 0 Å². The Labute approximate surface area is 193 Å². The molecular formula is C23H29FN4O4S. The Morgan fingerprint density at radius 2 is 1.73 bits per heavy atom. The van der Waals surface area contributed by atoms with Gasteiger partial charge < -0.3 is 15.5 Å². The second-order valence-electron chi connectivity index (χ2n) is 7.92. The molecule has 0 saturated carbocycles. The molecule has 10 heteroatoms. The molecule has 0 radical (unpaired) electrons. The number of carbonyl (C=O) groups is 2. The van der Waals surface area contributed by atoms with Crippen molar-refractivity contribution in [3.8, 4) is 0 Å². The zero-order valence-corrected chi connectivity index (χ0v) is 19.6. The highest BCUT2D eigenvalue weighted by atomic mass is 32.2. The Balaban J connectivity index is 1.48. The van der Waals surface area contributed by atoms with E-state index in [0.29, 0.717) is 44.8 Å². The highest BCUT2D eigenvalue weighted by Crippen LogP contribution is 2.21. The first-order valence-corrected chi connectivity index (χ1v) is 12.3. The summed E-state index contributed by atoms with van der Waals surface area (Å²) in [6.45, 7) is 5.56. The molecule has 1 aliphatic heterocycles. The maximum Gasteiger partial charge on any atom is 0.319 e. The second-order valence-corrected chi connectivity index (χ2v) is 9.86. The molecule has 1 heterocycles. The lowest BCUT2D eigenvalue weighted by molar-refractivity contribution is -0.128. The van der Waals surface area contributed by atoms with Crippen LogP contribution in [0.1, 0.15) is 25.8 Å². The molecule has 1 fully saturated rings. The van der Waals surface area contributed by atoms with Gasteiger partial charge in [0.05, 0.1) is 4.90 Å². The Morgan fingerprint density at radius 3 is 2.33 bits per heavy atom. The summed E-state index contributed by atoms with van der Waals surface area (Å²) < 4.78 is 39.5. The summed E-state index contributed by atoms with van der Waals surface area (Å²) in [5, 5.41) is 5.44. The van der Waals surface area contributed by atoms with Gasteiger partial charge in [-0.25, -0.2) is 17.6 Å². The van der Waals surface area contributed by atoms with E-state index in [-0.39, 0.29) is 22.5 Å². The molecule has 0 bridgehead atoms. The van der Waals surface area contributed by atoms with Crippen LogP contribution in [0.15, 0.2) is 53.4 Å². The molecule has 2 N–H and O–H groups in total. The molecule has 0 aliphatic carbocycles. The van der Waals surface area contributed by atoms with Crippen LogP contribution in [-0.4, -0.2) is 55.7 Å². The Morgan fingerprint density at radius 1 is 1.09 bits per heavy atom. The van der Waals surface area contributed by atoms with Crippen LogP contribution in [0, 0.1) is 11.7 Å². The summed E-state index contributed by atoms with van der Waals surface area (Å²) >= 11 is 0. The summed E-state index contributed by atoms with van der Waals surface area (Å²) in [6.07, 6.45) is 0.333. The second kappa shape index (κ2) is 10.8. The molecule has 178 valence electrons. The maximum atomic E-state index is 13.0. The lowest BCUT2D eigenvalue weighted by Gasteiger charge is -2.18. The number of hydrogen-bond acceptors (Lipinski definition) is 4. The van der Waals surface area contributed by atoms with Gasteiger partial charge in [0.1, 0.15) is 5.82 Å². The minimum absolute atomic E-state index is 0.00321. The fraction of sp³-hybridized carbons (Fsp3) is 0.391. The van der Waals surface area contributed by atoms with Gasteiger partial charge in [0.25, 0.3) is 0 Å². The van der Waals surface area contributed by atoms with Crippen LogP contribution in [0.5, 0.6) is 0 Å². The number of nitrogens with one attached hydrogen (secondary N) is 2. The SMILES string of the molecule is CCN(CC)S(=O)(=O)c1ccc(NC(=O)NCC2CC(=O)N(Cc3ccc(F)cc3)C2)cc1. The number of rotatable bonds is 9. The molecular weight excluding hydrogens is 447 g/mol. The molecule has 3 rings (SSSR count). The van der Waals surface area contributed by atoms with Crippen LogP contribution in [0.4, 0.5) is 14.9 Å². The summed E-state index contributed by atoms with van der Waals surface area (Å²) in [5.41, 5.74) is 1.31. The fourth-order valence-electron chi connectivity index (χ4n) is 3.79. The molecule has 3 amide bonds. The van der Waals surface area contributed by atoms with E-state index in [1.165, 1.54) is 28.6 Å². The maximum absolute atomic E-state index is 13.0. The van der Waals surface area contributed by atoms with Crippen molar-refractivity contribution < 1.29 is 22.4 Å². The number of halogens is 1. The summed E-state index contributed by atoms with van der Waals surface area (Å²) in [7, 11) is -3.55. The standard InChI is InChI=1S/C23H29FN4O4S/c1-3-28(4-2)33(31,32)21-11-9-20(10-12-21)26-23(30)25-14-18-13-22(29)27(16-18)15-17-5-7-19(24)8-6-17/h5-12,18H,3-4,13-16H2,1-2H3,(H2,25,26,30). The minimum atomic E-state index is -3.55. The molecule has 1 unspecified atom stereocenters. The van der Waals surface area contributed by atoms with E-state index in [2.05, 4.69) is 10.6 Å². The van der Waals surface area contributed by atoms with E-state index in [9.17, 15) is 22.4 Å². The van der Waals surface area contributed by atoms with Crippen LogP contribution in [0.25, 0.3) is 0 Å². The predicted molar refractivity (Wildman–Crippen MR) is 123 cm³/mol. The van der Waals surface area contributed by atoms with Crippen LogP contribution in [-0.2, 0) is 21.4 Å². The number of hydrogen-bond donors (Lipinski definition) is 2. The number of likely N-dealkylation sites (tertiary alicyclic amines) is 1. The van der Waals surface area contributed by atoms with Gasteiger partial charge >= 0.3 is 6.03 Å². The van der Waals surface area contributed by atoms with Gasteiger partial charge in [-0.2, -0.15) is 4.31 Å². The van der Waals surface area contributed by atoms with E-state index < -0.39 is 16.1 Å². The largest absolute Gasteiger partial charge is 0.338 e. The predicted octanol–water partition coefficient (Wildman–Crippen LogP) is 3.03. The van der Waals surface area contributed by atoms with Crippen LogP contribution in [0.3, 0.4) is 0 Å². The van der Waals surface area contributed by atoms with Gasteiger partial charge in [0, 0.05) is 50.7 Å². The number of urea groups is 1. The molecule has 1 aliphatic rings. The molecule has 2 aromatic rings. The smallest absolute Gasteiger partial charge is 0.319 e. The van der Waals surface area contributed by atoms with Crippen molar-refractivity contribution in [2.24, 2.45) is 5.92 Å². The average molecular weight is 477 g/mol. The van der Waals surface area contributed by atoms with Crippen molar-refractivity contribution in [2.75, 3.05) is 31.5 Å². The van der Waals surface area contributed by atoms with Crippen molar-refractivity contribution in [1.29, 1.82) is 0 Å². The number of amides is 3. The third-order valence-corrected chi connectivity index (χ3v) is 7.65. The first kappa shape index (κ1) is 24.7. The third-order valence-electron chi connectivity index (χ3n) is 5.59. The van der Waals surface area contributed by atoms with E-state index in [0.717, 1.165) is 5.56 Å². The lowest BCUT2D eigenvalue weighted by atomic mass is 10.1. The highest BCUT2D eigenvalue weighted by Gasteiger charge is 2.29. The van der Waals surface area contributed by atoms with Gasteiger partial charge in [-0.15, -0.1) is 0 Å². The first-order chi connectivity index (χ1) is 15.7. The number of carbonyl (C=O) groups excluding carboxylic acids is 2. The lowest BCUT2D eigenvalue weighted by Crippen LogP contribution is -2.34. The Bertz CT molecular complexity index is 1070. The number of anilines is 1. The molecule has 0 aromatic heterocycles. The first-order valence-electron chi connectivity index (χ1n) is 10.9. The highest BCUT2D eigenvalue weighted by molar-refractivity contribution is 7.89. The van der Waals surface area contributed by atoms with Gasteiger partial charge in [0.15, 0.2) is 0 Å². The summed E-state index contributed by atoms with van der Waals surface area (Å²) in [4.78, 5) is 26.4. The summed E-state index contributed by atoms with van der Waals surface area (Å²) in [6, 6.07) is 11.6. The third kappa shape index (κ3) is 6.29. The van der Waals surface area contributed by atoms with Crippen LogP contribution >= 0.6 is 0 Å². The van der Waals surface area contributed by atoms with Gasteiger partial charge in [0.2, 0.25) is 15.9 Å². The van der Waals surface area contributed by atoms with Crippen molar-refractivity contribution in [2.45, 2.75) is 31.7 Å². The molecule has 8 nitrogen and oxygen atoms in total. The molecule has 1 atom stereocenters. The van der Waals surface area contributed by atoms with Crippen molar-refractivity contribution in [1.82, 2.24) is 14.5 Å². The fourth-order valence-corrected chi connectivity index (χ4v) is 5.25. The van der Waals surface area contributed by atoms with Gasteiger partial charge in [-0.1, -0.05) is 26.0 Å². The van der Waals surface area contributed by atoms with Gasteiger partial charge in [-0.05, 0) is 42.0 Å². The normalized spacial score (nSPS) is 16.3. The van der Waals surface area contributed by atoms with Crippen LogP contribution < -0.4 is 10.6 Å². The number of sulfonamides is 1. The van der Waals surface area contributed by atoms with Crippen molar-refractivity contribution >= 4 is 27.6 Å². The average Bonchev–Trinajstić information content (AvgIpc) is 3.14. The van der Waals surface area contributed by atoms with E-state index in [1.807, 2.05) is 0 Å². The zero-order chi connectivity index (χ0) is 24.0. The quantitative estimate of drug-likeness (QED) is 0.581. The Hall–Kier alpha value is -2.98. The van der Waals surface area contributed by atoms with E-state index in [1.54, 1.807) is 43.0 Å². The van der Waals surface area contributed by atoms with Crippen molar-refractivity contribution in [3.05, 3.63) is 59.9 Å².